The van der Waals surface area contributed by atoms with E-state index in [-0.39, 0.29) is 46.4 Å². The van der Waals surface area contributed by atoms with E-state index in [1.165, 1.54) is 18.3 Å². The van der Waals surface area contributed by atoms with Gasteiger partial charge in [-0.3, -0.25) is 9.78 Å². The first-order valence-corrected chi connectivity index (χ1v) is 16.5. The van der Waals surface area contributed by atoms with Gasteiger partial charge in [-0.1, -0.05) is 36.9 Å². The summed E-state index contributed by atoms with van der Waals surface area (Å²) in [5, 5.41) is 6.22. The highest BCUT2D eigenvalue weighted by molar-refractivity contribution is 7.89. The number of amides is 1. The maximum atomic E-state index is 15.1. The van der Waals surface area contributed by atoms with E-state index in [0.717, 1.165) is 44.7 Å². The summed E-state index contributed by atoms with van der Waals surface area (Å²) in [6.45, 7) is 0.905. The molecule has 1 aromatic carbocycles. The number of carbonyl (C=O) groups is 1. The molecule has 3 aliphatic rings. The Hall–Kier alpha value is -2.18. The van der Waals surface area contributed by atoms with E-state index in [4.69, 9.17) is 17.3 Å². The van der Waals surface area contributed by atoms with Crippen LogP contribution in [0.1, 0.15) is 68.4 Å². The molecule has 0 spiro atoms. The monoisotopic (exact) mass is 609 g/mol. The summed E-state index contributed by atoms with van der Waals surface area (Å²) < 4.78 is 56.8. The number of hydrogen-bond donors (Lipinski definition) is 3. The zero-order valence-electron chi connectivity index (χ0n) is 23.0. The van der Waals surface area contributed by atoms with Crippen molar-refractivity contribution in [1.82, 2.24) is 14.6 Å². The fourth-order valence-corrected chi connectivity index (χ4v) is 8.67. The Labute approximate surface area is 245 Å². The van der Waals surface area contributed by atoms with Crippen LogP contribution in [0, 0.1) is 17.6 Å². The van der Waals surface area contributed by atoms with Crippen molar-refractivity contribution in [2.75, 3.05) is 24.2 Å². The Bertz CT molecular complexity index is 1360. The molecule has 1 saturated carbocycles. The Morgan fingerprint density at radius 3 is 2.68 bits per heavy atom. The number of sulfonamides is 1. The van der Waals surface area contributed by atoms with Crippen molar-refractivity contribution < 1.29 is 22.0 Å². The van der Waals surface area contributed by atoms with Crippen LogP contribution < -0.4 is 16.4 Å². The van der Waals surface area contributed by atoms with E-state index in [1.54, 1.807) is 10.4 Å². The van der Waals surface area contributed by atoms with Crippen LogP contribution in [0.5, 0.6) is 0 Å². The molecule has 3 heterocycles. The molecule has 8 nitrogen and oxygen atoms in total. The van der Waals surface area contributed by atoms with Crippen LogP contribution in [-0.2, 0) is 21.2 Å². The molecule has 2 bridgehead atoms. The highest BCUT2D eigenvalue weighted by Crippen LogP contribution is 2.39. The minimum Gasteiger partial charge on any atom is -0.323 e. The van der Waals surface area contributed by atoms with Crippen molar-refractivity contribution in [3.8, 4) is 0 Å². The smallest absolute Gasteiger partial charge is 0.241 e. The lowest BCUT2D eigenvalue weighted by atomic mass is 9.73. The molecular weight excluding hydrogens is 572 g/mol. The molecular formula is C29H38ClF2N5O3S. The number of nitrogens with one attached hydrogen (secondary N) is 2. The van der Waals surface area contributed by atoms with Gasteiger partial charge >= 0.3 is 0 Å². The third kappa shape index (κ3) is 6.91. The molecule has 0 radical (unpaired) electrons. The second-order valence-corrected chi connectivity index (χ2v) is 14.0. The molecule has 2 aliphatic heterocycles. The van der Waals surface area contributed by atoms with Crippen molar-refractivity contribution in [3.05, 3.63) is 58.4 Å². The second-order valence-electron chi connectivity index (χ2n) is 11.6. The molecule has 224 valence electrons. The summed E-state index contributed by atoms with van der Waals surface area (Å²) in [7, 11) is -3.38. The van der Waals surface area contributed by atoms with Crippen LogP contribution in [0.15, 0.2) is 30.6 Å². The lowest BCUT2D eigenvalue weighted by Crippen LogP contribution is -2.57. The van der Waals surface area contributed by atoms with E-state index in [1.807, 2.05) is 0 Å². The normalized spacial score (nSPS) is 26.1. The molecule has 2 saturated heterocycles. The summed E-state index contributed by atoms with van der Waals surface area (Å²) in [5.41, 5.74) is 7.64. The van der Waals surface area contributed by atoms with Gasteiger partial charge in [0.05, 0.1) is 34.9 Å². The topological polar surface area (TPSA) is 117 Å². The predicted molar refractivity (Wildman–Crippen MR) is 155 cm³/mol. The maximum Gasteiger partial charge on any atom is 0.241 e. The van der Waals surface area contributed by atoms with E-state index >= 15 is 4.39 Å². The lowest BCUT2D eigenvalue weighted by molar-refractivity contribution is -0.118. The average molecular weight is 610 g/mol. The molecule has 4 N–H and O–H groups in total. The van der Waals surface area contributed by atoms with Gasteiger partial charge in [0.25, 0.3) is 0 Å². The van der Waals surface area contributed by atoms with Gasteiger partial charge < -0.3 is 16.4 Å². The Balaban J connectivity index is 1.34. The standard InChI is InChI=1S/C29H38ClF2N5O3S/c30-23-11-8-19(13-24(23)31)27(18-5-2-1-3-6-18)28(33)29(38)36-26-16-34-15-25(32)22(26)10-9-21-14-35-20-7-4-12-41(39,40)37(21)17-20/h8,11,13,15-16,18,20-21,27-28,35H,1-7,9-10,12,14,17,33H2,(H,36,38)/t20-,21+,27?,28?/m1/s1. The van der Waals surface area contributed by atoms with Crippen molar-refractivity contribution in [1.29, 1.82) is 0 Å². The fraction of sp³-hybridized carbons (Fsp3) is 0.586. The van der Waals surface area contributed by atoms with Crippen LogP contribution in [0.3, 0.4) is 0 Å². The van der Waals surface area contributed by atoms with Crippen molar-refractivity contribution in [3.63, 3.8) is 0 Å². The molecule has 3 fully saturated rings. The summed E-state index contributed by atoms with van der Waals surface area (Å²) >= 11 is 5.92. The molecule has 1 aromatic heterocycles. The highest BCUT2D eigenvalue weighted by atomic mass is 35.5. The molecule has 1 aliphatic carbocycles. The number of fused-ring (bicyclic) bond motifs is 2. The van der Waals surface area contributed by atoms with Gasteiger partial charge in [-0.15, -0.1) is 0 Å². The predicted octanol–water partition coefficient (Wildman–Crippen LogP) is 4.34. The summed E-state index contributed by atoms with van der Waals surface area (Å²) in [5.74, 6) is -1.90. The number of anilines is 1. The number of rotatable bonds is 8. The van der Waals surface area contributed by atoms with Gasteiger partial charge in [0.1, 0.15) is 11.6 Å². The third-order valence-corrected chi connectivity index (χ3v) is 11.2. The number of hydrogen-bond acceptors (Lipinski definition) is 6. The number of piperazine rings is 1. The van der Waals surface area contributed by atoms with Gasteiger partial charge in [-0.05, 0) is 62.1 Å². The average Bonchev–Trinajstić information content (AvgIpc) is 3.07. The first-order valence-electron chi connectivity index (χ1n) is 14.5. The number of benzene rings is 1. The number of nitrogens with two attached hydrogens (primary N) is 1. The Kier molecular flexibility index (Phi) is 9.60. The highest BCUT2D eigenvalue weighted by Gasteiger charge is 2.38. The SMILES string of the molecule is NC(C(=O)Nc1cncc(F)c1CC[C@H]1CN[C@@H]2CCCS(=O)(=O)N1C2)C(c1ccc(Cl)c(F)c1)C1CCCCC1. The molecule has 41 heavy (non-hydrogen) atoms. The quantitative estimate of drug-likeness (QED) is 0.410. The number of carbonyl (C=O) groups excluding carboxylic acids is 1. The zero-order chi connectivity index (χ0) is 29.1. The summed E-state index contributed by atoms with van der Waals surface area (Å²) in [6.07, 6.45) is 9.35. The lowest BCUT2D eigenvalue weighted by Gasteiger charge is -2.37. The first-order chi connectivity index (χ1) is 19.6. The molecule has 5 rings (SSSR count). The number of nitrogens with zero attached hydrogens (tertiary/aromatic N) is 2. The summed E-state index contributed by atoms with van der Waals surface area (Å²) in [6, 6.07) is 3.34. The van der Waals surface area contributed by atoms with Crippen LogP contribution in [0.2, 0.25) is 5.02 Å². The van der Waals surface area contributed by atoms with Crippen LogP contribution in [0.4, 0.5) is 14.5 Å². The Morgan fingerprint density at radius 1 is 1.15 bits per heavy atom. The van der Waals surface area contributed by atoms with E-state index in [0.29, 0.717) is 31.5 Å². The minimum atomic E-state index is -3.38. The fourth-order valence-electron chi connectivity index (χ4n) is 6.74. The van der Waals surface area contributed by atoms with Gasteiger partial charge in [0.15, 0.2) is 0 Å². The van der Waals surface area contributed by atoms with Gasteiger partial charge in [0, 0.05) is 36.7 Å². The van der Waals surface area contributed by atoms with Gasteiger partial charge in [-0.25, -0.2) is 17.2 Å². The second kappa shape index (κ2) is 13.0. The third-order valence-electron chi connectivity index (χ3n) is 8.93. The zero-order valence-corrected chi connectivity index (χ0v) is 24.6. The molecule has 2 aromatic rings. The largest absolute Gasteiger partial charge is 0.323 e. The van der Waals surface area contributed by atoms with E-state index in [2.05, 4.69) is 15.6 Å². The maximum absolute atomic E-state index is 15.1. The van der Waals surface area contributed by atoms with Crippen LogP contribution in [-0.4, -0.2) is 60.6 Å². The molecule has 3 unspecified atom stereocenters. The van der Waals surface area contributed by atoms with Crippen molar-refractivity contribution in [2.24, 2.45) is 11.7 Å². The Morgan fingerprint density at radius 2 is 1.93 bits per heavy atom. The van der Waals surface area contributed by atoms with Crippen LogP contribution >= 0.6 is 11.6 Å². The van der Waals surface area contributed by atoms with Gasteiger partial charge in [-0.2, -0.15) is 4.31 Å². The van der Waals surface area contributed by atoms with Gasteiger partial charge in [0.2, 0.25) is 15.9 Å². The number of halogens is 3. The number of aromatic nitrogens is 1. The molecule has 1 amide bonds. The number of pyridine rings is 1. The minimum absolute atomic E-state index is 0.00121. The molecule has 12 heteroatoms. The molecule has 5 atom stereocenters. The van der Waals surface area contributed by atoms with Crippen molar-refractivity contribution in [2.45, 2.75) is 81.8 Å². The first kappa shape index (κ1) is 30.3. The van der Waals surface area contributed by atoms with E-state index in [9.17, 15) is 17.6 Å². The van der Waals surface area contributed by atoms with Crippen LogP contribution in [0.25, 0.3) is 0 Å². The van der Waals surface area contributed by atoms with E-state index < -0.39 is 39.5 Å². The van der Waals surface area contributed by atoms with Crippen molar-refractivity contribution >= 4 is 33.2 Å². The summed E-state index contributed by atoms with van der Waals surface area (Å²) in [4.78, 5) is 17.5.